The monoisotopic (exact) mass is 546 g/mol. The molecule has 0 saturated carbocycles. The van der Waals surface area contributed by atoms with Gasteiger partial charge in [0.05, 0.1) is 20.6 Å². The van der Waals surface area contributed by atoms with Gasteiger partial charge in [0, 0.05) is 6.54 Å². The highest BCUT2D eigenvalue weighted by molar-refractivity contribution is 5.95. The van der Waals surface area contributed by atoms with Gasteiger partial charge in [-0.15, -0.1) is 0 Å². The van der Waals surface area contributed by atoms with E-state index in [1.54, 1.807) is 25.1 Å². The number of aryl methyl sites for hydroxylation is 1. The van der Waals surface area contributed by atoms with Crippen LogP contribution in [0.4, 0.5) is 0 Å². The number of nitrogens with one attached hydrogen (secondary N) is 2. The summed E-state index contributed by atoms with van der Waals surface area (Å²) < 4.78 is 16.3. The number of rotatable bonds is 15. The molecule has 0 aliphatic carbocycles. The molecule has 1 unspecified atom stereocenters. The number of carbonyl (C=O) groups is 3. The van der Waals surface area contributed by atoms with Gasteiger partial charge >= 0.3 is 5.97 Å². The zero-order valence-electron chi connectivity index (χ0n) is 22.9. The molecule has 2 amide bonds. The summed E-state index contributed by atoms with van der Waals surface area (Å²) >= 11 is 0. The van der Waals surface area contributed by atoms with Crippen LogP contribution >= 0.6 is 0 Å². The zero-order valence-corrected chi connectivity index (χ0v) is 22.9. The third-order valence-electron chi connectivity index (χ3n) is 5.73. The molecule has 0 aliphatic heterocycles. The number of benzene rings is 1. The summed E-state index contributed by atoms with van der Waals surface area (Å²) in [5, 5.41) is 14.9. The minimum absolute atomic E-state index is 0.0524. The van der Waals surface area contributed by atoms with E-state index in [-0.39, 0.29) is 54.5 Å². The van der Waals surface area contributed by atoms with Crippen molar-refractivity contribution in [3.63, 3.8) is 0 Å². The Bertz CT molecular complexity index is 1170. The third kappa shape index (κ3) is 9.51. The van der Waals surface area contributed by atoms with Crippen LogP contribution in [0.2, 0.25) is 0 Å². The van der Waals surface area contributed by atoms with E-state index < -0.39 is 24.0 Å². The first-order valence-corrected chi connectivity index (χ1v) is 12.5. The number of carbonyl (C=O) groups excluding carboxylic acids is 2. The van der Waals surface area contributed by atoms with Crippen molar-refractivity contribution < 1.29 is 33.4 Å². The molecular weight excluding hydrogens is 508 g/mol. The minimum atomic E-state index is -1.20. The summed E-state index contributed by atoms with van der Waals surface area (Å²) in [6, 6.07) is 3.45. The maximum Gasteiger partial charge on any atom is 0.326 e. The number of nitrogens with two attached hydrogens (primary N) is 2. The van der Waals surface area contributed by atoms with Crippen molar-refractivity contribution in [1.29, 1.82) is 0 Å². The number of nitrogens with zero attached hydrogens (tertiary/aromatic N) is 2. The second-order valence-corrected chi connectivity index (χ2v) is 9.39. The van der Waals surface area contributed by atoms with Crippen molar-refractivity contribution in [3.8, 4) is 11.5 Å². The molecule has 0 fully saturated rings. The molecule has 2 rings (SSSR count). The molecule has 1 aromatic carbocycles. The number of oxazole rings is 1. The Morgan fingerprint density at radius 1 is 1.13 bits per heavy atom. The Kier molecular flexibility index (Phi) is 11.6. The fourth-order valence-corrected chi connectivity index (χ4v) is 3.88. The van der Waals surface area contributed by atoms with Gasteiger partial charge in [-0.2, -0.15) is 0 Å². The second-order valence-electron chi connectivity index (χ2n) is 9.39. The number of aromatic nitrogens is 1. The summed E-state index contributed by atoms with van der Waals surface area (Å²) in [5.41, 5.74) is 11.2. The van der Waals surface area contributed by atoms with Crippen LogP contribution in [0.3, 0.4) is 0 Å². The standard InChI is InChI=1S/C26H38N6O7/c1-14(2)11-18(30-21(33)13-16-8-9-19(37-4)20(12-16)38-5)24-32-22(15(3)39-24)23(34)31-17(25(35)36)7-6-10-29-26(27)28/h8-9,12,14,17-18H,6-7,10-11,13H2,1-5H3,(H,30,33)(H,31,34)(H,35,36)(H4,27,28,29)/t17-,18?/m0/s1. The van der Waals surface area contributed by atoms with Crippen molar-refractivity contribution in [2.24, 2.45) is 22.4 Å². The lowest BCUT2D eigenvalue weighted by molar-refractivity contribution is -0.139. The Balaban J connectivity index is 2.15. The summed E-state index contributed by atoms with van der Waals surface area (Å²) in [5.74, 6) is -0.670. The van der Waals surface area contributed by atoms with Crippen LogP contribution < -0.4 is 31.6 Å². The van der Waals surface area contributed by atoms with Crippen LogP contribution in [0.5, 0.6) is 11.5 Å². The molecule has 0 radical (unpaired) electrons. The molecule has 39 heavy (non-hydrogen) atoms. The van der Waals surface area contributed by atoms with E-state index in [0.717, 1.165) is 5.56 Å². The first-order chi connectivity index (χ1) is 18.4. The van der Waals surface area contributed by atoms with Gasteiger partial charge in [-0.05, 0) is 49.8 Å². The average molecular weight is 547 g/mol. The number of carboxylic acids is 1. The van der Waals surface area contributed by atoms with Crippen molar-refractivity contribution in [1.82, 2.24) is 15.6 Å². The van der Waals surface area contributed by atoms with E-state index in [1.807, 2.05) is 13.8 Å². The molecule has 13 heteroatoms. The first-order valence-electron chi connectivity index (χ1n) is 12.5. The Labute approximate surface area is 227 Å². The van der Waals surface area contributed by atoms with Gasteiger partial charge in [0.1, 0.15) is 17.8 Å². The van der Waals surface area contributed by atoms with Gasteiger partial charge < -0.3 is 41.1 Å². The van der Waals surface area contributed by atoms with Crippen molar-refractivity contribution in [3.05, 3.63) is 41.1 Å². The lowest BCUT2D eigenvalue weighted by atomic mass is 10.0. The van der Waals surface area contributed by atoms with E-state index in [0.29, 0.717) is 24.3 Å². The number of hydrogen-bond acceptors (Lipinski definition) is 8. The largest absolute Gasteiger partial charge is 0.493 e. The highest BCUT2D eigenvalue weighted by Gasteiger charge is 2.28. The predicted octanol–water partition coefficient (Wildman–Crippen LogP) is 1.68. The van der Waals surface area contributed by atoms with Crippen LogP contribution in [0, 0.1) is 12.8 Å². The Hall–Kier alpha value is -4.29. The van der Waals surface area contributed by atoms with Crippen LogP contribution in [0.1, 0.15) is 66.9 Å². The highest BCUT2D eigenvalue weighted by atomic mass is 16.5. The lowest BCUT2D eigenvalue weighted by Crippen LogP contribution is -2.41. The minimum Gasteiger partial charge on any atom is -0.493 e. The molecule has 13 nitrogen and oxygen atoms in total. The molecule has 214 valence electrons. The number of ether oxygens (including phenoxy) is 2. The molecule has 0 aliphatic rings. The van der Waals surface area contributed by atoms with Gasteiger partial charge in [-0.25, -0.2) is 9.78 Å². The van der Waals surface area contributed by atoms with Crippen molar-refractivity contribution in [2.75, 3.05) is 20.8 Å². The van der Waals surface area contributed by atoms with E-state index >= 15 is 0 Å². The van der Waals surface area contributed by atoms with Crippen LogP contribution in [0.15, 0.2) is 27.6 Å². The zero-order chi connectivity index (χ0) is 29.1. The smallest absolute Gasteiger partial charge is 0.326 e. The van der Waals surface area contributed by atoms with Crippen LogP contribution in [0.25, 0.3) is 0 Å². The van der Waals surface area contributed by atoms with E-state index in [1.165, 1.54) is 14.2 Å². The van der Waals surface area contributed by atoms with Gasteiger partial charge in [-0.3, -0.25) is 14.6 Å². The molecule has 0 spiro atoms. The van der Waals surface area contributed by atoms with Gasteiger partial charge in [-0.1, -0.05) is 19.9 Å². The summed E-state index contributed by atoms with van der Waals surface area (Å²) in [4.78, 5) is 45.6. The molecule has 1 heterocycles. The first kappa shape index (κ1) is 30.9. The average Bonchev–Trinajstić information content (AvgIpc) is 3.26. The number of hydrogen-bond donors (Lipinski definition) is 5. The van der Waals surface area contributed by atoms with E-state index in [2.05, 4.69) is 20.6 Å². The molecule has 0 saturated heterocycles. The lowest BCUT2D eigenvalue weighted by Gasteiger charge is -2.18. The molecule has 7 N–H and O–H groups in total. The highest BCUT2D eigenvalue weighted by Crippen LogP contribution is 2.28. The normalized spacial score (nSPS) is 12.4. The Morgan fingerprint density at radius 3 is 2.41 bits per heavy atom. The van der Waals surface area contributed by atoms with Gasteiger partial charge in [0.25, 0.3) is 5.91 Å². The van der Waals surface area contributed by atoms with Crippen molar-refractivity contribution in [2.45, 2.75) is 58.5 Å². The molecule has 2 aromatic rings. The fraction of sp³-hybridized carbons (Fsp3) is 0.500. The van der Waals surface area contributed by atoms with Gasteiger partial charge in [0.15, 0.2) is 23.2 Å². The van der Waals surface area contributed by atoms with Crippen LogP contribution in [-0.4, -0.2) is 60.6 Å². The summed E-state index contributed by atoms with van der Waals surface area (Å²) in [6.45, 7) is 5.75. The number of amides is 2. The molecule has 2 atom stereocenters. The summed E-state index contributed by atoms with van der Waals surface area (Å²) in [6.07, 6.45) is 1.04. The van der Waals surface area contributed by atoms with Gasteiger partial charge in [0.2, 0.25) is 11.8 Å². The maximum atomic E-state index is 12.9. The Morgan fingerprint density at radius 2 is 1.82 bits per heavy atom. The topological polar surface area (TPSA) is 204 Å². The van der Waals surface area contributed by atoms with E-state index in [9.17, 15) is 19.5 Å². The third-order valence-corrected chi connectivity index (χ3v) is 5.73. The van der Waals surface area contributed by atoms with Crippen molar-refractivity contribution >= 4 is 23.7 Å². The molecule has 1 aromatic heterocycles. The molecular formula is C26H38N6O7. The quantitative estimate of drug-likeness (QED) is 0.124. The predicted molar refractivity (Wildman–Crippen MR) is 144 cm³/mol. The maximum absolute atomic E-state index is 12.9. The molecule has 0 bridgehead atoms. The number of aliphatic carboxylic acids is 1. The number of guanidine groups is 1. The number of methoxy groups -OCH3 is 2. The van der Waals surface area contributed by atoms with Crippen LogP contribution in [-0.2, 0) is 16.0 Å². The number of carboxylic acid groups (broad SMARTS) is 1. The summed E-state index contributed by atoms with van der Waals surface area (Å²) in [7, 11) is 3.05. The van der Waals surface area contributed by atoms with E-state index in [4.69, 9.17) is 25.4 Å². The second kappa shape index (κ2) is 14.6. The fourth-order valence-electron chi connectivity index (χ4n) is 3.88. The number of aliphatic imine (C=N–C) groups is 1. The SMILES string of the molecule is COc1ccc(CC(=O)NC(CC(C)C)c2nc(C(=O)N[C@@H](CCCN=C(N)N)C(=O)O)c(C)o2)cc1OC.